The second-order valence-corrected chi connectivity index (χ2v) is 3.82. The molecule has 82 valence electrons. The molecule has 2 heterocycles. The molecule has 2 aromatic heterocycles. The molecule has 0 bridgehead atoms. The van der Waals surface area contributed by atoms with Crippen molar-refractivity contribution in [2.75, 3.05) is 5.32 Å². The van der Waals surface area contributed by atoms with Gasteiger partial charge < -0.3 is 0 Å². The van der Waals surface area contributed by atoms with Gasteiger partial charge in [0.1, 0.15) is 16.6 Å². The molecule has 0 aliphatic carbocycles. The molecule has 1 N–H and O–H groups in total. The summed E-state index contributed by atoms with van der Waals surface area (Å²) in [5, 5.41) is 6.44. The molecule has 16 heavy (non-hydrogen) atoms. The monoisotopic (exact) mass is 281 g/mol. The topological polar surface area (TPSA) is 72.7 Å². The number of carbonyl (C=O) groups is 1. The van der Waals surface area contributed by atoms with E-state index in [2.05, 4.69) is 36.3 Å². The number of aromatic nitrogens is 4. The van der Waals surface area contributed by atoms with Crippen LogP contribution in [-0.2, 0) is 7.05 Å². The minimum absolute atomic E-state index is 0.317. The number of aryl methyl sites for hydroxylation is 1. The number of rotatable bonds is 2. The van der Waals surface area contributed by atoms with Crippen LogP contribution >= 0.6 is 15.9 Å². The van der Waals surface area contributed by atoms with Gasteiger partial charge >= 0.3 is 0 Å². The Balaban J connectivity index is 2.18. The molecule has 0 atom stereocenters. The number of nitrogens with one attached hydrogen (secondary N) is 1. The third-order valence-corrected chi connectivity index (χ3v) is 2.33. The van der Waals surface area contributed by atoms with Gasteiger partial charge in [0.25, 0.3) is 5.91 Å². The quantitative estimate of drug-likeness (QED) is 0.841. The van der Waals surface area contributed by atoms with Crippen LogP contribution in [0.15, 0.2) is 29.1 Å². The van der Waals surface area contributed by atoms with Crippen molar-refractivity contribution in [3.8, 4) is 0 Å². The Morgan fingerprint density at radius 3 is 2.94 bits per heavy atom. The van der Waals surface area contributed by atoms with E-state index in [1.165, 1.54) is 11.0 Å². The maximum Gasteiger partial charge on any atom is 0.276 e. The first kappa shape index (κ1) is 10.7. The normalized spacial score (nSPS) is 10.1. The Morgan fingerprint density at radius 1 is 1.50 bits per heavy atom. The van der Waals surface area contributed by atoms with Crippen molar-refractivity contribution < 1.29 is 4.79 Å². The molecule has 0 aromatic carbocycles. The molecule has 0 aliphatic heterocycles. The van der Waals surface area contributed by atoms with Crippen LogP contribution in [0.3, 0.4) is 0 Å². The van der Waals surface area contributed by atoms with E-state index in [0.717, 1.165) is 0 Å². The van der Waals surface area contributed by atoms with Gasteiger partial charge in [0.15, 0.2) is 0 Å². The molecule has 1 amide bonds. The van der Waals surface area contributed by atoms with E-state index in [9.17, 15) is 4.79 Å². The molecule has 0 unspecified atom stereocenters. The fourth-order valence-corrected chi connectivity index (χ4v) is 1.45. The molecular weight excluding hydrogens is 274 g/mol. The number of anilines is 1. The zero-order valence-electron chi connectivity index (χ0n) is 8.38. The average Bonchev–Trinajstić information content (AvgIpc) is 2.64. The van der Waals surface area contributed by atoms with Gasteiger partial charge in [-0.3, -0.25) is 10.1 Å². The van der Waals surface area contributed by atoms with Gasteiger partial charge in [-0.25, -0.2) is 9.67 Å². The SMILES string of the molecule is Cn1ncnc1NC(=O)c1cccc(Br)n1. The summed E-state index contributed by atoms with van der Waals surface area (Å²) in [5.74, 6) is 0.0594. The van der Waals surface area contributed by atoms with Crippen LogP contribution < -0.4 is 5.32 Å². The lowest BCUT2D eigenvalue weighted by Crippen LogP contribution is -2.16. The molecule has 0 fully saturated rings. The highest BCUT2D eigenvalue weighted by atomic mass is 79.9. The zero-order valence-corrected chi connectivity index (χ0v) is 9.97. The van der Waals surface area contributed by atoms with Crippen LogP contribution in [0.2, 0.25) is 0 Å². The maximum absolute atomic E-state index is 11.7. The Morgan fingerprint density at radius 2 is 2.31 bits per heavy atom. The number of pyridine rings is 1. The highest BCUT2D eigenvalue weighted by Crippen LogP contribution is 2.08. The van der Waals surface area contributed by atoms with Crippen LogP contribution in [0.5, 0.6) is 0 Å². The second-order valence-electron chi connectivity index (χ2n) is 3.01. The van der Waals surface area contributed by atoms with Gasteiger partial charge in [0.2, 0.25) is 5.95 Å². The number of hydrogen-bond donors (Lipinski definition) is 1. The van der Waals surface area contributed by atoms with Gasteiger partial charge in [-0.2, -0.15) is 10.1 Å². The lowest BCUT2D eigenvalue weighted by Gasteiger charge is -2.03. The van der Waals surface area contributed by atoms with E-state index in [0.29, 0.717) is 16.2 Å². The zero-order chi connectivity index (χ0) is 11.5. The van der Waals surface area contributed by atoms with E-state index in [1.54, 1.807) is 25.2 Å². The summed E-state index contributed by atoms with van der Waals surface area (Å²) in [6.07, 6.45) is 1.37. The molecule has 7 heteroatoms. The van der Waals surface area contributed by atoms with E-state index in [-0.39, 0.29) is 5.91 Å². The Bertz CT molecular complexity index is 524. The van der Waals surface area contributed by atoms with Crippen molar-refractivity contribution in [3.63, 3.8) is 0 Å². The average molecular weight is 282 g/mol. The first-order valence-corrected chi connectivity index (χ1v) is 5.24. The molecule has 0 aliphatic rings. The Hall–Kier alpha value is -1.76. The number of nitrogens with zero attached hydrogens (tertiary/aromatic N) is 4. The summed E-state index contributed by atoms with van der Waals surface area (Å²) in [6.45, 7) is 0. The third kappa shape index (κ3) is 2.25. The van der Waals surface area contributed by atoms with Crippen molar-refractivity contribution in [1.29, 1.82) is 0 Å². The first-order valence-electron chi connectivity index (χ1n) is 4.45. The third-order valence-electron chi connectivity index (χ3n) is 1.88. The summed E-state index contributed by atoms with van der Waals surface area (Å²) in [7, 11) is 1.69. The highest BCUT2D eigenvalue weighted by Gasteiger charge is 2.10. The minimum atomic E-state index is -0.322. The molecule has 0 saturated carbocycles. The molecule has 6 nitrogen and oxygen atoms in total. The van der Waals surface area contributed by atoms with Crippen molar-refractivity contribution in [1.82, 2.24) is 19.7 Å². The Kier molecular flexibility index (Phi) is 2.95. The van der Waals surface area contributed by atoms with Crippen LogP contribution in [0.25, 0.3) is 0 Å². The molecule has 2 aromatic rings. The molecule has 2 rings (SSSR count). The minimum Gasteiger partial charge on any atom is -0.289 e. The predicted octanol–water partition coefficient (Wildman–Crippen LogP) is 1.22. The fourth-order valence-electron chi connectivity index (χ4n) is 1.11. The molecule has 0 radical (unpaired) electrons. The van der Waals surface area contributed by atoms with E-state index in [1.807, 2.05) is 0 Å². The summed E-state index contributed by atoms with van der Waals surface area (Å²) in [5.41, 5.74) is 0.317. The van der Waals surface area contributed by atoms with Crippen molar-refractivity contribution in [2.45, 2.75) is 0 Å². The standard InChI is InChI=1S/C9H8BrN5O/c1-15-9(11-5-12-15)14-8(16)6-3-2-4-7(10)13-6/h2-5H,1H3,(H,11,12,14,16). The highest BCUT2D eigenvalue weighted by molar-refractivity contribution is 9.10. The first-order chi connectivity index (χ1) is 7.66. The molecule has 0 spiro atoms. The fraction of sp³-hybridized carbons (Fsp3) is 0.111. The van der Waals surface area contributed by atoms with Crippen LogP contribution in [0.4, 0.5) is 5.95 Å². The smallest absolute Gasteiger partial charge is 0.276 e. The van der Waals surface area contributed by atoms with Crippen molar-refractivity contribution in [2.24, 2.45) is 7.05 Å². The second kappa shape index (κ2) is 4.40. The number of amides is 1. The van der Waals surface area contributed by atoms with Gasteiger partial charge in [-0.05, 0) is 28.1 Å². The summed E-state index contributed by atoms with van der Waals surface area (Å²) >= 11 is 3.20. The van der Waals surface area contributed by atoms with E-state index >= 15 is 0 Å². The van der Waals surface area contributed by atoms with Crippen LogP contribution in [0, 0.1) is 0 Å². The van der Waals surface area contributed by atoms with Crippen LogP contribution in [-0.4, -0.2) is 25.7 Å². The van der Waals surface area contributed by atoms with Crippen molar-refractivity contribution in [3.05, 3.63) is 34.8 Å². The molecular formula is C9H8BrN5O. The number of carbonyl (C=O) groups excluding carboxylic acids is 1. The number of hydrogen-bond acceptors (Lipinski definition) is 4. The van der Waals surface area contributed by atoms with Gasteiger partial charge in [-0.15, -0.1) is 0 Å². The molecule has 0 saturated heterocycles. The predicted molar refractivity (Wildman–Crippen MR) is 60.9 cm³/mol. The maximum atomic E-state index is 11.7. The van der Waals surface area contributed by atoms with Gasteiger partial charge in [-0.1, -0.05) is 6.07 Å². The van der Waals surface area contributed by atoms with Gasteiger partial charge in [0, 0.05) is 7.05 Å². The summed E-state index contributed by atoms with van der Waals surface area (Å²) in [6, 6.07) is 5.11. The largest absolute Gasteiger partial charge is 0.289 e. The van der Waals surface area contributed by atoms with E-state index in [4.69, 9.17) is 0 Å². The lowest BCUT2D eigenvalue weighted by atomic mass is 10.3. The van der Waals surface area contributed by atoms with Crippen LogP contribution in [0.1, 0.15) is 10.5 Å². The Labute approximate surface area is 99.8 Å². The lowest BCUT2D eigenvalue weighted by molar-refractivity contribution is 0.102. The van der Waals surface area contributed by atoms with E-state index < -0.39 is 0 Å². The summed E-state index contributed by atoms with van der Waals surface area (Å²) < 4.78 is 2.08. The summed E-state index contributed by atoms with van der Waals surface area (Å²) in [4.78, 5) is 19.7. The number of halogens is 1. The van der Waals surface area contributed by atoms with Crippen molar-refractivity contribution >= 4 is 27.8 Å². The van der Waals surface area contributed by atoms with Gasteiger partial charge in [0.05, 0.1) is 0 Å².